The van der Waals surface area contributed by atoms with Gasteiger partial charge < -0.3 is 10.2 Å². The monoisotopic (exact) mass is 367 g/mol. The maximum absolute atomic E-state index is 12.2. The van der Waals surface area contributed by atoms with E-state index in [1.807, 2.05) is 50.5 Å². The van der Waals surface area contributed by atoms with Gasteiger partial charge in [0.25, 0.3) is 0 Å². The summed E-state index contributed by atoms with van der Waals surface area (Å²) in [6.07, 6.45) is 2.21. The number of carbonyl (C=O) groups is 1. The van der Waals surface area contributed by atoms with E-state index < -0.39 is 0 Å². The van der Waals surface area contributed by atoms with E-state index in [1.165, 1.54) is 10.3 Å². The molecule has 0 aliphatic heterocycles. The molecule has 3 aromatic rings. The van der Waals surface area contributed by atoms with Crippen LogP contribution >= 0.6 is 11.3 Å². The van der Waals surface area contributed by atoms with Crippen LogP contribution in [-0.4, -0.2) is 36.4 Å². The van der Waals surface area contributed by atoms with E-state index in [-0.39, 0.29) is 11.9 Å². The molecule has 1 heterocycles. The highest BCUT2D eigenvalue weighted by Crippen LogP contribution is 2.22. The van der Waals surface area contributed by atoms with E-state index in [0.29, 0.717) is 13.0 Å². The Morgan fingerprint density at radius 3 is 2.58 bits per heavy atom. The standard InChI is InChI=1S/C21H25N3OS/c1-24(2)18(16-9-4-3-5-10-16)15-22-20(25)13-8-14-21-23-17-11-6-7-12-19(17)26-21/h3-7,9-12,18H,8,13-15H2,1-2H3,(H,22,25)/t18-/m1/s1. The number of thiazole rings is 1. The number of amides is 1. The molecule has 1 atom stereocenters. The fourth-order valence-electron chi connectivity index (χ4n) is 3.00. The Hall–Kier alpha value is -2.24. The number of aromatic nitrogens is 1. The van der Waals surface area contributed by atoms with Crippen LogP contribution in [0.4, 0.5) is 0 Å². The molecule has 0 bridgehead atoms. The van der Waals surface area contributed by atoms with Crippen LogP contribution in [0.5, 0.6) is 0 Å². The molecule has 5 heteroatoms. The first-order valence-electron chi connectivity index (χ1n) is 8.96. The molecule has 0 saturated carbocycles. The topological polar surface area (TPSA) is 45.2 Å². The highest BCUT2D eigenvalue weighted by Gasteiger charge is 2.15. The molecule has 4 nitrogen and oxygen atoms in total. The predicted octanol–water partition coefficient (Wildman–Crippen LogP) is 4.04. The molecule has 0 unspecified atom stereocenters. The van der Waals surface area contributed by atoms with Crippen LogP contribution in [0.25, 0.3) is 10.2 Å². The number of likely N-dealkylation sites (N-methyl/N-ethyl adjacent to an activating group) is 1. The zero-order chi connectivity index (χ0) is 18.4. The summed E-state index contributed by atoms with van der Waals surface area (Å²) in [5, 5.41) is 4.18. The van der Waals surface area contributed by atoms with E-state index in [9.17, 15) is 4.79 Å². The Morgan fingerprint density at radius 2 is 1.85 bits per heavy atom. The second kappa shape index (κ2) is 8.92. The number of hydrogen-bond acceptors (Lipinski definition) is 4. The van der Waals surface area contributed by atoms with Gasteiger partial charge >= 0.3 is 0 Å². The van der Waals surface area contributed by atoms with Crippen LogP contribution in [0, 0.1) is 0 Å². The highest BCUT2D eigenvalue weighted by atomic mass is 32.1. The molecule has 0 aliphatic rings. The molecule has 1 N–H and O–H groups in total. The van der Waals surface area contributed by atoms with Crippen LogP contribution in [0.15, 0.2) is 54.6 Å². The number of aryl methyl sites for hydroxylation is 1. The van der Waals surface area contributed by atoms with E-state index >= 15 is 0 Å². The molecule has 2 aromatic carbocycles. The third-order valence-electron chi connectivity index (χ3n) is 4.43. The van der Waals surface area contributed by atoms with E-state index in [4.69, 9.17) is 0 Å². The van der Waals surface area contributed by atoms with E-state index in [1.54, 1.807) is 11.3 Å². The normalized spacial score (nSPS) is 12.4. The van der Waals surface area contributed by atoms with Crippen LogP contribution in [0.3, 0.4) is 0 Å². The van der Waals surface area contributed by atoms with Gasteiger partial charge in [-0.3, -0.25) is 4.79 Å². The number of carbonyl (C=O) groups excluding carboxylic acids is 1. The molecule has 26 heavy (non-hydrogen) atoms. The van der Waals surface area contributed by atoms with Gasteiger partial charge in [0, 0.05) is 13.0 Å². The number of nitrogens with one attached hydrogen (secondary N) is 1. The Labute approximate surface area is 158 Å². The van der Waals surface area contributed by atoms with Gasteiger partial charge in [0.05, 0.1) is 21.3 Å². The zero-order valence-corrected chi connectivity index (χ0v) is 16.1. The minimum absolute atomic E-state index is 0.105. The predicted molar refractivity (Wildman–Crippen MR) is 108 cm³/mol. The molecule has 1 amide bonds. The first-order valence-corrected chi connectivity index (χ1v) is 9.77. The maximum Gasteiger partial charge on any atom is 0.220 e. The molecule has 3 rings (SSSR count). The van der Waals surface area contributed by atoms with Gasteiger partial charge in [0.15, 0.2) is 0 Å². The second-order valence-electron chi connectivity index (χ2n) is 6.62. The summed E-state index contributed by atoms with van der Waals surface area (Å²) < 4.78 is 1.21. The number of hydrogen-bond donors (Lipinski definition) is 1. The molecule has 0 fully saturated rings. The summed E-state index contributed by atoms with van der Waals surface area (Å²) in [7, 11) is 4.08. The lowest BCUT2D eigenvalue weighted by molar-refractivity contribution is -0.121. The fraction of sp³-hybridized carbons (Fsp3) is 0.333. The van der Waals surface area contributed by atoms with Crippen molar-refractivity contribution in [3.63, 3.8) is 0 Å². The first-order chi connectivity index (χ1) is 12.6. The molecule has 0 radical (unpaired) electrons. The van der Waals surface area contributed by atoms with E-state index in [0.717, 1.165) is 23.4 Å². The van der Waals surface area contributed by atoms with Crippen LogP contribution in [-0.2, 0) is 11.2 Å². The number of nitrogens with zero attached hydrogens (tertiary/aromatic N) is 2. The lowest BCUT2D eigenvalue weighted by Crippen LogP contribution is -2.34. The quantitative estimate of drug-likeness (QED) is 0.654. The van der Waals surface area contributed by atoms with Crippen LogP contribution < -0.4 is 5.32 Å². The summed E-state index contributed by atoms with van der Waals surface area (Å²) in [4.78, 5) is 19.0. The fourth-order valence-corrected chi connectivity index (χ4v) is 4.01. The van der Waals surface area contributed by atoms with Crippen LogP contribution in [0.1, 0.15) is 29.5 Å². The van der Waals surface area contributed by atoms with Gasteiger partial charge in [-0.2, -0.15) is 0 Å². The third-order valence-corrected chi connectivity index (χ3v) is 5.53. The SMILES string of the molecule is CN(C)[C@H](CNC(=O)CCCc1nc2ccccc2s1)c1ccccc1. The van der Waals surface area contributed by atoms with Crippen molar-refractivity contribution in [3.8, 4) is 0 Å². The minimum atomic E-state index is 0.105. The van der Waals surface area contributed by atoms with E-state index in [2.05, 4.69) is 33.4 Å². The van der Waals surface area contributed by atoms with Crippen molar-refractivity contribution in [2.24, 2.45) is 0 Å². The minimum Gasteiger partial charge on any atom is -0.354 e. The third kappa shape index (κ3) is 4.90. The van der Waals surface area contributed by atoms with Crippen molar-refractivity contribution in [2.45, 2.75) is 25.3 Å². The number of para-hydroxylation sites is 1. The molecule has 1 aromatic heterocycles. The van der Waals surface area contributed by atoms with Crippen LogP contribution in [0.2, 0.25) is 0 Å². The van der Waals surface area contributed by atoms with Gasteiger partial charge in [-0.05, 0) is 44.6 Å². The van der Waals surface area contributed by atoms with Crippen molar-refractivity contribution in [2.75, 3.05) is 20.6 Å². The van der Waals surface area contributed by atoms with Crippen molar-refractivity contribution < 1.29 is 4.79 Å². The summed E-state index contributed by atoms with van der Waals surface area (Å²) in [6.45, 7) is 0.622. The number of fused-ring (bicyclic) bond motifs is 1. The Morgan fingerprint density at radius 1 is 1.12 bits per heavy atom. The van der Waals surface area contributed by atoms with Gasteiger partial charge in [-0.15, -0.1) is 11.3 Å². The molecule has 136 valence electrons. The summed E-state index contributed by atoms with van der Waals surface area (Å²) >= 11 is 1.72. The summed E-state index contributed by atoms with van der Waals surface area (Å²) in [5.41, 5.74) is 2.26. The van der Waals surface area contributed by atoms with Crippen molar-refractivity contribution in [1.29, 1.82) is 0 Å². The molecule has 0 aliphatic carbocycles. The molecular weight excluding hydrogens is 342 g/mol. The second-order valence-corrected chi connectivity index (χ2v) is 7.74. The molecular formula is C21H25N3OS. The van der Waals surface area contributed by atoms with Gasteiger partial charge in [-0.25, -0.2) is 4.98 Å². The number of benzene rings is 2. The van der Waals surface area contributed by atoms with Crippen molar-refractivity contribution >= 4 is 27.5 Å². The average molecular weight is 368 g/mol. The van der Waals surface area contributed by atoms with Crippen molar-refractivity contribution in [3.05, 3.63) is 65.2 Å². The highest BCUT2D eigenvalue weighted by molar-refractivity contribution is 7.18. The van der Waals surface area contributed by atoms with Gasteiger partial charge in [0.2, 0.25) is 5.91 Å². The number of rotatable bonds is 8. The largest absolute Gasteiger partial charge is 0.354 e. The lowest BCUT2D eigenvalue weighted by atomic mass is 10.1. The summed E-state index contributed by atoms with van der Waals surface area (Å²) in [6, 6.07) is 18.6. The smallest absolute Gasteiger partial charge is 0.220 e. The molecule has 0 saturated heterocycles. The Balaban J connectivity index is 1.46. The Kier molecular flexibility index (Phi) is 6.36. The average Bonchev–Trinajstić information content (AvgIpc) is 3.05. The van der Waals surface area contributed by atoms with Gasteiger partial charge in [-0.1, -0.05) is 42.5 Å². The lowest BCUT2D eigenvalue weighted by Gasteiger charge is -2.25. The summed E-state index contributed by atoms with van der Waals surface area (Å²) in [5.74, 6) is 0.105. The molecule has 0 spiro atoms. The van der Waals surface area contributed by atoms with Gasteiger partial charge in [0.1, 0.15) is 0 Å². The zero-order valence-electron chi connectivity index (χ0n) is 15.3. The Bertz CT molecular complexity index is 812. The first kappa shape index (κ1) is 18.5. The van der Waals surface area contributed by atoms with Crippen molar-refractivity contribution in [1.82, 2.24) is 15.2 Å². The maximum atomic E-state index is 12.2.